The van der Waals surface area contributed by atoms with Crippen LogP contribution in [-0.4, -0.2) is 23.0 Å². The van der Waals surface area contributed by atoms with Crippen molar-refractivity contribution in [1.29, 1.82) is 0 Å². The molecule has 2 N–H and O–H groups in total. The molecule has 1 amide bonds. The molecule has 0 bridgehead atoms. The van der Waals surface area contributed by atoms with Crippen LogP contribution in [0.15, 0.2) is 24.3 Å². The number of hydrogen-bond acceptors (Lipinski definition) is 2. The van der Waals surface area contributed by atoms with Crippen molar-refractivity contribution < 1.29 is 19.1 Å². The highest BCUT2D eigenvalue weighted by Crippen LogP contribution is 2.08. The Morgan fingerprint density at radius 1 is 1.39 bits per heavy atom. The van der Waals surface area contributed by atoms with Crippen LogP contribution in [-0.2, 0) is 4.79 Å². The Hall–Kier alpha value is -1.91. The first kappa shape index (κ1) is 14.2. The van der Waals surface area contributed by atoms with Crippen molar-refractivity contribution in [3.8, 4) is 0 Å². The summed E-state index contributed by atoms with van der Waals surface area (Å²) in [5.74, 6) is -2.46. The molecular formula is C13H16FNO3. The van der Waals surface area contributed by atoms with Gasteiger partial charge in [-0.1, -0.05) is 31.9 Å². The van der Waals surface area contributed by atoms with Crippen LogP contribution in [0, 0.1) is 5.82 Å². The van der Waals surface area contributed by atoms with Gasteiger partial charge in [-0.25, -0.2) is 9.18 Å². The van der Waals surface area contributed by atoms with Crippen molar-refractivity contribution in [3.63, 3.8) is 0 Å². The van der Waals surface area contributed by atoms with Crippen LogP contribution < -0.4 is 5.32 Å². The van der Waals surface area contributed by atoms with Gasteiger partial charge >= 0.3 is 5.97 Å². The molecule has 0 aliphatic heterocycles. The van der Waals surface area contributed by atoms with E-state index >= 15 is 0 Å². The Labute approximate surface area is 105 Å². The van der Waals surface area contributed by atoms with E-state index in [1.807, 2.05) is 6.92 Å². The van der Waals surface area contributed by atoms with E-state index < -0.39 is 23.7 Å². The largest absolute Gasteiger partial charge is 0.480 e. The van der Waals surface area contributed by atoms with E-state index in [0.717, 1.165) is 12.5 Å². The molecule has 18 heavy (non-hydrogen) atoms. The lowest BCUT2D eigenvalue weighted by Gasteiger charge is -2.14. The van der Waals surface area contributed by atoms with E-state index in [-0.39, 0.29) is 5.56 Å². The van der Waals surface area contributed by atoms with Gasteiger partial charge in [-0.2, -0.15) is 0 Å². The summed E-state index contributed by atoms with van der Waals surface area (Å²) < 4.78 is 13.3. The standard InChI is InChI=1S/C13H16FNO3/c1-2-3-8-11(13(17)18)15-12(16)9-6-4-5-7-10(9)14/h4-7,11H,2-3,8H2,1H3,(H,15,16)(H,17,18)/t11-/m0/s1. The van der Waals surface area contributed by atoms with Gasteiger partial charge in [-0.15, -0.1) is 0 Å². The van der Waals surface area contributed by atoms with Crippen molar-refractivity contribution >= 4 is 11.9 Å². The van der Waals surface area contributed by atoms with E-state index in [9.17, 15) is 14.0 Å². The maximum atomic E-state index is 13.3. The molecule has 1 rings (SSSR count). The lowest BCUT2D eigenvalue weighted by atomic mass is 10.1. The summed E-state index contributed by atoms with van der Waals surface area (Å²) in [5.41, 5.74) is -0.139. The number of carbonyl (C=O) groups excluding carboxylic acids is 1. The predicted octanol–water partition coefficient (Wildman–Crippen LogP) is 2.20. The molecule has 0 unspecified atom stereocenters. The topological polar surface area (TPSA) is 66.4 Å². The van der Waals surface area contributed by atoms with Crippen molar-refractivity contribution in [3.05, 3.63) is 35.6 Å². The molecule has 0 aromatic heterocycles. The fourth-order valence-corrected chi connectivity index (χ4v) is 1.55. The maximum Gasteiger partial charge on any atom is 0.326 e. The number of carboxylic acids is 1. The zero-order valence-corrected chi connectivity index (χ0v) is 10.1. The zero-order chi connectivity index (χ0) is 13.5. The summed E-state index contributed by atoms with van der Waals surface area (Å²) in [4.78, 5) is 22.7. The minimum Gasteiger partial charge on any atom is -0.480 e. The SMILES string of the molecule is CCCC[C@H](NC(=O)c1ccccc1F)C(=O)O. The molecular weight excluding hydrogens is 237 g/mol. The van der Waals surface area contributed by atoms with Gasteiger partial charge in [0, 0.05) is 0 Å². The van der Waals surface area contributed by atoms with Crippen molar-refractivity contribution in [2.75, 3.05) is 0 Å². The maximum absolute atomic E-state index is 13.3. The van der Waals surface area contributed by atoms with Gasteiger partial charge in [0.1, 0.15) is 11.9 Å². The summed E-state index contributed by atoms with van der Waals surface area (Å²) in [6.45, 7) is 1.93. The van der Waals surface area contributed by atoms with Gasteiger partial charge in [-0.05, 0) is 18.6 Å². The summed E-state index contributed by atoms with van der Waals surface area (Å²) in [7, 11) is 0. The highest BCUT2D eigenvalue weighted by atomic mass is 19.1. The van der Waals surface area contributed by atoms with Crippen LogP contribution in [0.25, 0.3) is 0 Å². The van der Waals surface area contributed by atoms with Crippen LogP contribution in [0.2, 0.25) is 0 Å². The molecule has 0 heterocycles. The molecule has 5 heteroatoms. The Balaban J connectivity index is 2.72. The molecule has 0 spiro atoms. The van der Waals surface area contributed by atoms with Gasteiger partial charge in [-0.3, -0.25) is 4.79 Å². The van der Waals surface area contributed by atoms with Gasteiger partial charge in [0.05, 0.1) is 5.56 Å². The van der Waals surface area contributed by atoms with Crippen LogP contribution in [0.3, 0.4) is 0 Å². The van der Waals surface area contributed by atoms with E-state index in [4.69, 9.17) is 5.11 Å². The van der Waals surface area contributed by atoms with Gasteiger partial charge in [0.25, 0.3) is 5.91 Å². The smallest absolute Gasteiger partial charge is 0.326 e. The normalized spacial score (nSPS) is 11.9. The monoisotopic (exact) mass is 253 g/mol. The van der Waals surface area contributed by atoms with E-state index in [1.54, 1.807) is 0 Å². The number of hydrogen-bond donors (Lipinski definition) is 2. The number of rotatable bonds is 6. The summed E-state index contributed by atoms with van der Waals surface area (Å²) in [6, 6.07) is 4.51. The third-order valence-corrected chi connectivity index (χ3v) is 2.57. The van der Waals surface area contributed by atoms with Gasteiger partial charge in [0.15, 0.2) is 0 Å². The van der Waals surface area contributed by atoms with Crippen LogP contribution in [0.5, 0.6) is 0 Å². The van der Waals surface area contributed by atoms with E-state index in [1.165, 1.54) is 18.2 Å². The molecule has 0 radical (unpaired) electrons. The summed E-state index contributed by atoms with van der Waals surface area (Å²) in [5, 5.41) is 11.3. The average molecular weight is 253 g/mol. The average Bonchev–Trinajstić information content (AvgIpc) is 2.34. The minimum absolute atomic E-state index is 0.139. The molecule has 1 atom stereocenters. The molecule has 0 fully saturated rings. The first-order valence-electron chi connectivity index (χ1n) is 5.84. The first-order valence-corrected chi connectivity index (χ1v) is 5.84. The predicted molar refractivity (Wildman–Crippen MR) is 64.8 cm³/mol. The number of amides is 1. The fraction of sp³-hybridized carbons (Fsp3) is 0.385. The number of carbonyl (C=O) groups is 2. The quantitative estimate of drug-likeness (QED) is 0.816. The zero-order valence-electron chi connectivity index (χ0n) is 10.1. The van der Waals surface area contributed by atoms with E-state index in [0.29, 0.717) is 12.8 Å². The van der Waals surface area contributed by atoms with Crippen molar-refractivity contribution in [2.24, 2.45) is 0 Å². The molecule has 4 nitrogen and oxygen atoms in total. The number of nitrogens with one attached hydrogen (secondary N) is 1. The lowest BCUT2D eigenvalue weighted by molar-refractivity contribution is -0.139. The van der Waals surface area contributed by atoms with Gasteiger partial charge in [0.2, 0.25) is 0 Å². The van der Waals surface area contributed by atoms with Crippen molar-refractivity contribution in [2.45, 2.75) is 32.2 Å². The van der Waals surface area contributed by atoms with Crippen molar-refractivity contribution in [1.82, 2.24) is 5.32 Å². The number of halogens is 1. The van der Waals surface area contributed by atoms with E-state index in [2.05, 4.69) is 5.32 Å². The third-order valence-electron chi connectivity index (χ3n) is 2.57. The highest BCUT2D eigenvalue weighted by Gasteiger charge is 2.21. The molecule has 1 aromatic rings. The molecule has 1 aromatic carbocycles. The summed E-state index contributed by atoms with van der Waals surface area (Å²) in [6.07, 6.45) is 1.86. The highest BCUT2D eigenvalue weighted by molar-refractivity contribution is 5.96. The number of unbranched alkanes of at least 4 members (excludes halogenated alkanes) is 1. The number of aliphatic carboxylic acids is 1. The van der Waals surface area contributed by atoms with Crippen LogP contribution >= 0.6 is 0 Å². The molecule has 0 saturated carbocycles. The fourth-order valence-electron chi connectivity index (χ4n) is 1.55. The second-order valence-electron chi connectivity index (χ2n) is 3.99. The Morgan fingerprint density at radius 2 is 2.06 bits per heavy atom. The molecule has 0 aliphatic rings. The Kier molecular flexibility index (Phi) is 5.30. The molecule has 0 saturated heterocycles. The third kappa shape index (κ3) is 3.84. The van der Waals surface area contributed by atoms with Crippen LogP contribution in [0.1, 0.15) is 36.5 Å². The minimum atomic E-state index is -1.10. The Morgan fingerprint density at radius 3 is 2.61 bits per heavy atom. The second-order valence-corrected chi connectivity index (χ2v) is 3.99. The summed E-state index contributed by atoms with van der Waals surface area (Å²) >= 11 is 0. The Bertz CT molecular complexity index is 434. The molecule has 98 valence electrons. The first-order chi connectivity index (χ1) is 8.56. The number of benzene rings is 1. The lowest BCUT2D eigenvalue weighted by Crippen LogP contribution is -2.41. The van der Waals surface area contributed by atoms with Gasteiger partial charge < -0.3 is 10.4 Å². The van der Waals surface area contributed by atoms with Crippen LogP contribution in [0.4, 0.5) is 4.39 Å². The number of carboxylic acid groups (broad SMARTS) is 1. The molecule has 0 aliphatic carbocycles. The second kappa shape index (κ2) is 6.74.